The van der Waals surface area contributed by atoms with Gasteiger partial charge in [-0.05, 0) is 47.5 Å². The SMILES string of the molecule is COc1ccc([C@@H](NP(=O)(c2ccccc2)c2ccccc2)c2ccccc2)cc1. The van der Waals surface area contributed by atoms with Gasteiger partial charge in [0.1, 0.15) is 5.75 Å². The molecule has 30 heavy (non-hydrogen) atoms. The van der Waals surface area contributed by atoms with Crippen molar-refractivity contribution in [1.82, 2.24) is 5.09 Å². The third-order valence-electron chi connectivity index (χ3n) is 5.13. The van der Waals surface area contributed by atoms with Crippen LogP contribution in [-0.2, 0) is 4.57 Å². The molecule has 0 unspecified atom stereocenters. The van der Waals surface area contributed by atoms with Crippen LogP contribution < -0.4 is 20.4 Å². The minimum Gasteiger partial charge on any atom is -0.497 e. The van der Waals surface area contributed by atoms with Crippen LogP contribution in [0.5, 0.6) is 5.75 Å². The second-order valence-electron chi connectivity index (χ2n) is 7.03. The normalized spacial score (nSPS) is 12.3. The zero-order valence-corrected chi connectivity index (χ0v) is 17.7. The van der Waals surface area contributed by atoms with Crippen LogP contribution in [0.15, 0.2) is 115 Å². The predicted molar refractivity (Wildman–Crippen MR) is 124 cm³/mol. The first kappa shape index (κ1) is 20.2. The molecule has 4 aromatic carbocycles. The number of rotatable bonds is 7. The Kier molecular flexibility index (Phi) is 6.13. The Morgan fingerprint density at radius 1 is 0.633 bits per heavy atom. The molecule has 0 saturated carbocycles. The summed E-state index contributed by atoms with van der Waals surface area (Å²) in [7, 11) is -1.46. The fourth-order valence-corrected chi connectivity index (χ4v) is 5.98. The average Bonchev–Trinajstić information content (AvgIpc) is 2.84. The first-order valence-corrected chi connectivity index (χ1v) is 11.6. The lowest BCUT2D eigenvalue weighted by molar-refractivity contribution is 0.414. The molecule has 0 aromatic heterocycles. The van der Waals surface area contributed by atoms with Crippen molar-refractivity contribution >= 4 is 17.9 Å². The van der Waals surface area contributed by atoms with Crippen molar-refractivity contribution in [1.29, 1.82) is 0 Å². The number of hydrogen-bond donors (Lipinski definition) is 1. The largest absolute Gasteiger partial charge is 0.497 e. The number of hydrogen-bond acceptors (Lipinski definition) is 2. The van der Waals surface area contributed by atoms with Gasteiger partial charge in [0.05, 0.1) is 13.2 Å². The fourth-order valence-electron chi connectivity index (χ4n) is 3.54. The van der Waals surface area contributed by atoms with Gasteiger partial charge in [0.2, 0.25) is 7.29 Å². The molecule has 150 valence electrons. The van der Waals surface area contributed by atoms with E-state index < -0.39 is 7.29 Å². The van der Waals surface area contributed by atoms with Gasteiger partial charge in [0.15, 0.2) is 0 Å². The monoisotopic (exact) mass is 413 g/mol. The molecule has 0 heterocycles. The predicted octanol–water partition coefficient (Wildman–Crippen LogP) is 5.30. The topological polar surface area (TPSA) is 38.3 Å². The van der Waals surface area contributed by atoms with Crippen LogP contribution in [0.2, 0.25) is 0 Å². The van der Waals surface area contributed by atoms with Gasteiger partial charge in [0, 0.05) is 10.6 Å². The molecule has 0 radical (unpaired) electrons. The average molecular weight is 413 g/mol. The maximum Gasteiger partial charge on any atom is 0.205 e. The van der Waals surface area contributed by atoms with Crippen LogP contribution in [-0.4, -0.2) is 7.11 Å². The Labute approximate surface area is 177 Å². The summed E-state index contributed by atoms with van der Waals surface area (Å²) in [6.45, 7) is 0. The molecule has 0 aliphatic carbocycles. The van der Waals surface area contributed by atoms with Crippen molar-refractivity contribution in [2.75, 3.05) is 7.11 Å². The molecule has 0 bridgehead atoms. The summed E-state index contributed by atoms with van der Waals surface area (Å²) >= 11 is 0. The van der Waals surface area contributed by atoms with Gasteiger partial charge >= 0.3 is 0 Å². The lowest BCUT2D eigenvalue weighted by Crippen LogP contribution is -2.31. The molecule has 3 nitrogen and oxygen atoms in total. The number of nitrogens with one attached hydrogen (secondary N) is 1. The van der Waals surface area contributed by atoms with E-state index in [4.69, 9.17) is 4.74 Å². The van der Waals surface area contributed by atoms with Crippen LogP contribution in [0.4, 0.5) is 0 Å². The van der Waals surface area contributed by atoms with Crippen molar-refractivity contribution in [3.05, 3.63) is 126 Å². The Morgan fingerprint density at radius 2 is 1.07 bits per heavy atom. The van der Waals surface area contributed by atoms with Crippen molar-refractivity contribution in [2.45, 2.75) is 6.04 Å². The summed E-state index contributed by atoms with van der Waals surface area (Å²) in [6, 6.07) is 37.1. The molecule has 4 rings (SSSR count). The van der Waals surface area contributed by atoms with Gasteiger partial charge in [-0.25, -0.2) is 5.09 Å². The Bertz CT molecular complexity index is 1070. The van der Waals surface area contributed by atoms with E-state index in [1.165, 1.54) is 0 Å². The molecule has 1 N–H and O–H groups in total. The van der Waals surface area contributed by atoms with E-state index in [1.54, 1.807) is 7.11 Å². The summed E-state index contributed by atoms with van der Waals surface area (Å²) in [5, 5.41) is 5.11. The quantitative estimate of drug-likeness (QED) is 0.418. The number of benzene rings is 4. The van der Waals surface area contributed by atoms with E-state index in [0.717, 1.165) is 27.5 Å². The molecular weight excluding hydrogens is 389 g/mol. The molecule has 4 aromatic rings. The van der Waals surface area contributed by atoms with Gasteiger partial charge in [-0.3, -0.25) is 4.57 Å². The lowest BCUT2D eigenvalue weighted by atomic mass is 10.00. The molecule has 4 heteroatoms. The Morgan fingerprint density at radius 3 is 1.53 bits per heavy atom. The highest BCUT2D eigenvalue weighted by Crippen LogP contribution is 2.43. The van der Waals surface area contributed by atoms with E-state index in [2.05, 4.69) is 17.2 Å². The van der Waals surface area contributed by atoms with Crippen molar-refractivity contribution in [3.63, 3.8) is 0 Å². The Balaban J connectivity index is 1.84. The molecule has 0 spiro atoms. The number of methoxy groups -OCH3 is 1. The zero-order valence-electron chi connectivity index (χ0n) is 16.8. The molecule has 0 fully saturated rings. The van der Waals surface area contributed by atoms with Gasteiger partial charge in [0.25, 0.3) is 0 Å². The smallest absolute Gasteiger partial charge is 0.205 e. The highest BCUT2D eigenvalue weighted by atomic mass is 31.2. The molecule has 0 amide bonds. The van der Waals surface area contributed by atoms with Crippen molar-refractivity contribution in [3.8, 4) is 5.75 Å². The maximum atomic E-state index is 14.6. The third kappa shape index (κ3) is 4.23. The summed E-state index contributed by atoms with van der Waals surface area (Å²) < 4.78 is 19.9. The highest BCUT2D eigenvalue weighted by molar-refractivity contribution is 7.76. The molecular formula is C26H24NO2P. The minimum atomic E-state index is -3.11. The third-order valence-corrected chi connectivity index (χ3v) is 7.81. The van der Waals surface area contributed by atoms with E-state index in [0.29, 0.717) is 0 Å². The molecule has 0 aliphatic heterocycles. The maximum absolute atomic E-state index is 14.6. The van der Waals surface area contributed by atoms with Crippen molar-refractivity contribution < 1.29 is 9.30 Å². The van der Waals surface area contributed by atoms with Gasteiger partial charge < -0.3 is 4.74 Å². The van der Waals surface area contributed by atoms with Crippen LogP contribution in [0.25, 0.3) is 0 Å². The van der Waals surface area contributed by atoms with Crippen LogP contribution in [0, 0.1) is 0 Å². The molecule has 1 atom stereocenters. The van der Waals surface area contributed by atoms with Gasteiger partial charge in [-0.1, -0.05) is 78.9 Å². The van der Waals surface area contributed by atoms with E-state index in [-0.39, 0.29) is 6.04 Å². The lowest BCUT2D eigenvalue weighted by Gasteiger charge is -2.28. The van der Waals surface area contributed by atoms with Gasteiger partial charge in [-0.2, -0.15) is 0 Å². The van der Waals surface area contributed by atoms with Crippen molar-refractivity contribution in [2.24, 2.45) is 0 Å². The zero-order chi connectivity index (χ0) is 20.8. The standard InChI is InChI=1S/C26H24NO2P/c1-29-23-19-17-22(18-20-23)26(21-11-5-2-6-12-21)27-30(28,24-13-7-3-8-14-24)25-15-9-4-10-16-25/h2-20,26H,1H3,(H,27,28)/t26-/m0/s1. The van der Waals surface area contributed by atoms with Crippen LogP contribution in [0.1, 0.15) is 17.2 Å². The van der Waals surface area contributed by atoms with Crippen LogP contribution >= 0.6 is 7.29 Å². The highest BCUT2D eigenvalue weighted by Gasteiger charge is 2.31. The summed E-state index contributed by atoms with van der Waals surface area (Å²) in [5.41, 5.74) is 2.07. The second kappa shape index (κ2) is 9.13. The summed E-state index contributed by atoms with van der Waals surface area (Å²) in [5.74, 6) is 0.792. The first-order chi connectivity index (χ1) is 14.7. The Hall–Kier alpha value is -3.13. The van der Waals surface area contributed by atoms with E-state index in [9.17, 15) is 4.57 Å². The summed E-state index contributed by atoms with van der Waals surface area (Å²) in [6.07, 6.45) is 0. The van der Waals surface area contributed by atoms with E-state index >= 15 is 0 Å². The molecule has 0 saturated heterocycles. The van der Waals surface area contributed by atoms with E-state index in [1.807, 2.05) is 103 Å². The molecule has 0 aliphatic rings. The first-order valence-electron chi connectivity index (χ1n) is 9.89. The summed E-state index contributed by atoms with van der Waals surface area (Å²) in [4.78, 5) is 0. The van der Waals surface area contributed by atoms with Gasteiger partial charge in [-0.15, -0.1) is 0 Å². The fraction of sp³-hybridized carbons (Fsp3) is 0.0769. The second-order valence-corrected chi connectivity index (χ2v) is 9.54. The minimum absolute atomic E-state index is 0.247. The van der Waals surface area contributed by atoms with Crippen LogP contribution in [0.3, 0.4) is 0 Å². The number of ether oxygens (including phenoxy) is 1.